The Hall–Kier alpha value is -1.15. The Morgan fingerprint density at radius 1 is 1.47 bits per heavy atom. The highest BCUT2D eigenvalue weighted by Crippen LogP contribution is 2.19. The van der Waals surface area contributed by atoms with Crippen LogP contribution in [0.3, 0.4) is 0 Å². The van der Waals surface area contributed by atoms with E-state index in [1.165, 1.54) is 12.3 Å². The predicted octanol–water partition coefficient (Wildman–Crippen LogP) is 1.90. The molecule has 0 amide bonds. The van der Waals surface area contributed by atoms with Crippen molar-refractivity contribution in [1.82, 2.24) is 9.71 Å². The maximum absolute atomic E-state index is 12.0. The molecule has 0 aromatic carbocycles. The van der Waals surface area contributed by atoms with Crippen LogP contribution >= 0.6 is 22.9 Å². The van der Waals surface area contributed by atoms with Gasteiger partial charge in [0, 0.05) is 17.6 Å². The van der Waals surface area contributed by atoms with Gasteiger partial charge in [-0.3, -0.25) is 0 Å². The number of anilines is 1. The zero-order chi connectivity index (χ0) is 13.9. The number of rotatable bonds is 5. The van der Waals surface area contributed by atoms with Gasteiger partial charge in [-0.15, -0.1) is 11.3 Å². The zero-order valence-corrected chi connectivity index (χ0v) is 12.2. The van der Waals surface area contributed by atoms with Crippen molar-refractivity contribution >= 4 is 38.8 Å². The molecule has 0 aliphatic heterocycles. The van der Waals surface area contributed by atoms with E-state index in [1.54, 1.807) is 11.3 Å². The molecule has 0 unspecified atom stereocenters. The van der Waals surface area contributed by atoms with Gasteiger partial charge in [-0.25, -0.2) is 18.1 Å². The van der Waals surface area contributed by atoms with E-state index in [9.17, 15) is 8.42 Å². The Balaban J connectivity index is 2.03. The lowest BCUT2D eigenvalue weighted by atomic mass is 10.3. The van der Waals surface area contributed by atoms with E-state index in [2.05, 4.69) is 9.71 Å². The molecule has 3 N–H and O–H groups in total. The van der Waals surface area contributed by atoms with Gasteiger partial charge in [0.15, 0.2) is 0 Å². The predicted molar refractivity (Wildman–Crippen MR) is 76.9 cm³/mol. The summed E-state index contributed by atoms with van der Waals surface area (Å²) in [6.07, 6.45) is 1.84. The number of hydrogen-bond donors (Lipinski definition) is 2. The van der Waals surface area contributed by atoms with Crippen molar-refractivity contribution in [2.24, 2.45) is 0 Å². The molecule has 0 atom stereocenters. The zero-order valence-electron chi connectivity index (χ0n) is 9.84. The number of halogens is 1. The molecule has 102 valence electrons. The minimum Gasteiger partial charge on any atom is -0.382 e. The van der Waals surface area contributed by atoms with Crippen molar-refractivity contribution in [2.75, 3.05) is 12.3 Å². The number of pyridine rings is 1. The van der Waals surface area contributed by atoms with Gasteiger partial charge in [-0.05, 0) is 23.9 Å². The van der Waals surface area contributed by atoms with E-state index in [0.717, 1.165) is 4.88 Å². The van der Waals surface area contributed by atoms with E-state index in [1.807, 2.05) is 17.5 Å². The third kappa shape index (κ3) is 3.66. The number of nitrogens with zero attached hydrogens (tertiary/aromatic N) is 1. The first-order valence-corrected chi connectivity index (χ1v) is 8.16. The minimum atomic E-state index is -3.60. The fourth-order valence-electron chi connectivity index (χ4n) is 1.42. The molecule has 0 saturated carbocycles. The second-order valence-corrected chi connectivity index (χ2v) is 6.97. The van der Waals surface area contributed by atoms with Crippen molar-refractivity contribution in [2.45, 2.75) is 11.3 Å². The van der Waals surface area contributed by atoms with E-state index in [4.69, 9.17) is 17.3 Å². The third-order valence-corrected chi connectivity index (χ3v) is 5.07. The van der Waals surface area contributed by atoms with Crippen LogP contribution in [-0.2, 0) is 16.4 Å². The van der Waals surface area contributed by atoms with Gasteiger partial charge < -0.3 is 5.73 Å². The summed E-state index contributed by atoms with van der Waals surface area (Å²) in [4.78, 5) is 4.87. The summed E-state index contributed by atoms with van der Waals surface area (Å²) < 4.78 is 26.5. The summed E-state index contributed by atoms with van der Waals surface area (Å²) >= 11 is 7.35. The standard InChI is InChI=1S/C11H12ClN3O2S2/c12-10-6-9(7-14-11(10)13)19(16,17)15-4-3-8-2-1-5-18-8/h1-2,5-7,15H,3-4H2,(H2,13,14). The first kappa shape index (κ1) is 14.3. The second-order valence-electron chi connectivity index (χ2n) is 3.77. The number of nitrogens with one attached hydrogen (secondary N) is 1. The van der Waals surface area contributed by atoms with Crippen LogP contribution in [0.4, 0.5) is 5.82 Å². The second kappa shape index (κ2) is 5.87. The Bertz CT molecular complexity index is 657. The Labute approximate surface area is 120 Å². The number of aromatic nitrogens is 1. The molecule has 0 spiro atoms. The molecule has 2 aromatic heterocycles. The number of nitrogen functional groups attached to an aromatic ring is 1. The molecule has 0 aliphatic rings. The number of thiophene rings is 1. The van der Waals surface area contributed by atoms with Gasteiger partial charge in [0.25, 0.3) is 0 Å². The summed E-state index contributed by atoms with van der Waals surface area (Å²) in [5.41, 5.74) is 5.44. The van der Waals surface area contributed by atoms with Gasteiger partial charge in [-0.1, -0.05) is 17.7 Å². The molecule has 0 bridgehead atoms. The average molecular weight is 318 g/mol. The van der Waals surface area contributed by atoms with Crippen LogP contribution in [-0.4, -0.2) is 19.9 Å². The van der Waals surface area contributed by atoms with Crippen LogP contribution in [0, 0.1) is 0 Å². The summed E-state index contributed by atoms with van der Waals surface area (Å²) in [5, 5.41) is 2.08. The summed E-state index contributed by atoms with van der Waals surface area (Å²) in [6, 6.07) is 5.18. The van der Waals surface area contributed by atoms with Crippen LogP contribution in [0.1, 0.15) is 4.88 Å². The van der Waals surface area contributed by atoms with E-state index in [-0.39, 0.29) is 15.7 Å². The topological polar surface area (TPSA) is 85.1 Å². The molecule has 0 saturated heterocycles. The summed E-state index contributed by atoms with van der Waals surface area (Å²) in [6.45, 7) is 0.324. The van der Waals surface area contributed by atoms with Crippen molar-refractivity contribution < 1.29 is 8.42 Å². The normalized spacial score (nSPS) is 11.6. The highest BCUT2D eigenvalue weighted by atomic mass is 35.5. The van der Waals surface area contributed by atoms with Crippen molar-refractivity contribution in [3.63, 3.8) is 0 Å². The molecule has 2 heterocycles. The van der Waals surface area contributed by atoms with E-state index in [0.29, 0.717) is 13.0 Å². The average Bonchev–Trinajstić information content (AvgIpc) is 2.85. The number of hydrogen-bond acceptors (Lipinski definition) is 5. The molecule has 0 radical (unpaired) electrons. The van der Waals surface area contributed by atoms with Gasteiger partial charge in [0.2, 0.25) is 10.0 Å². The molecule has 0 fully saturated rings. The first-order chi connectivity index (χ1) is 8.99. The van der Waals surface area contributed by atoms with Gasteiger partial charge in [0.05, 0.1) is 5.02 Å². The van der Waals surface area contributed by atoms with Crippen LogP contribution in [0.2, 0.25) is 5.02 Å². The molecular formula is C11H12ClN3O2S2. The fraction of sp³-hybridized carbons (Fsp3) is 0.182. The van der Waals surface area contributed by atoms with Crippen LogP contribution in [0.5, 0.6) is 0 Å². The monoisotopic (exact) mass is 317 g/mol. The lowest BCUT2D eigenvalue weighted by Gasteiger charge is -2.06. The lowest BCUT2D eigenvalue weighted by Crippen LogP contribution is -2.26. The van der Waals surface area contributed by atoms with Crippen molar-refractivity contribution in [3.8, 4) is 0 Å². The van der Waals surface area contributed by atoms with Crippen molar-refractivity contribution in [1.29, 1.82) is 0 Å². The SMILES string of the molecule is Nc1ncc(S(=O)(=O)NCCc2cccs2)cc1Cl. The number of sulfonamides is 1. The lowest BCUT2D eigenvalue weighted by molar-refractivity contribution is 0.581. The Morgan fingerprint density at radius 3 is 2.89 bits per heavy atom. The quantitative estimate of drug-likeness (QED) is 0.882. The largest absolute Gasteiger partial charge is 0.382 e. The number of nitrogens with two attached hydrogens (primary N) is 1. The van der Waals surface area contributed by atoms with Gasteiger partial charge >= 0.3 is 0 Å². The summed E-state index contributed by atoms with van der Waals surface area (Å²) in [5.74, 6) is 0.110. The smallest absolute Gasteiger partial charge is 0.242 e. The molecular weight excluding hydrogens is 306 g/mol. The Morgan fingerprint density at radius 2 is 2.26 bits per heavy atom. The maximum atomic E-state index is 12.0. The van der Waals surface area contributed by atoms with Crippen molar-refractivity contribution in [3.05, 3.63) is 39.7 Å². The van der Waals surface area contributed by atoms with Crippen LogP contribution in [0.25, 0.3) is 0 Å². The highest BCUT2D eigenvalue weighted by molar-refractivity contribution is 7.89. The molecule has 0 aliphatic carbocycles. The van der Waals surface area contributed by atoms with Crippen LogP contribution in [0.15, 0.2) is 34.7 Å². The van der Waals surface area contributed by atoms with Gasteiger partial charge in [-0.2, -0.15) is 0 Å². The Kier molecular flexibility index (Phi) is 4.41. The molecule has 8 heteroatoms. The highest BCUT2D eigenvalue weighted by Gasteiger charge is 2.15. The van der Waals surface area contributed by atoms with Gasteiger partial charge in [0.1, 0.15) is 10.7 Å². The molecule has 19 heavy (non-hydrogen) atoms. The van der Waals surface area contributed by atoms with E-state index >= 15 is 0 Å². The fourth-order valence-corrected chi connectivity index (χ4v) is 3.37. The summed E-state index contributed by atoms with van der Waals surface area (Å²) in [7, 11) is -3.60. The molecule has 5 nitrogen and oxygen atoms in total. The maximum Gasteiger partial charge on any atom is 0.242 e. The van der Waals surface area contributed by atoms with Crippen LogP contribution < -0.4 is 10.5 Å². The third-order valence-electron chi connectivity index (χ3n) is 2.40. The minimum absolute atomic E-state index is 0.0119. The first-order valence-electron chi connectivity index (χ1n) is 5.42. The molecule has 2 rings (SSSR count). The van der Waals surface area contributed by atoms with E-state index < -0.39 is 10.0 Å². The molecule has 2 aromatic rings.